The number of methoxy groups -OCH3 is 3. The molecule has 2 amide bonds. The number of urea groups is 1. The Labute approximate surface area is 199 Å². The van der Waals surface area contributed by atoms with E-state index in [2.05, 4.69) is 24.3 Å². The number of rotatable bonds is 10. The zero-order valence-corrected chi connectivity index (χ0v) is 20.4. The lowest BCUT2D eigenvalue weighted by molar-refractivity contribution is 0.162. The van der Waals surface area contributed by atoms with E-state index in [9.17, 15) is 4.79 Å². The van der Waals surface area contributed by atoms with Crippen LogP contribution in [0, 0.1) is 5.92 Å². The topological polar surface area (TPSA) is 95.3 Å². The Morgan fingerprint density at radius 1 is 1.06 bits per heavy atom. The van der Waals surface area contributed by atoms with Gasteiger partial charge in [-0.1, -0.05) is 37.6 Å². The molecule has 1 heterocycles. The van der Waals surface area contributed by atoms with Gasteiger partial charge in [0.05, 0.1) is 34.1 Å². The molecular weight excluding hydrogens is 438 g/mol. The average molecular weight is 470 g/mol. The third kappa shape index (κ3) is 5.26. The quantitative estimate of drug-likeness (QED) is 0.410. The van der Waals surface area contributed by atoms with Gasteiger partial charge in [-0.2, -0.15) is 5.06 Å². The van der Waals surface area contributed by atoms with Gasteiger partial charge in [0.25, 0.3) is 0 Å². The van der Waals surface area contributed by atoms with Crippen molar-refractivity contribution in [3.05, 3.63) is 42.7 Å². The molecule has 1 unspecified atom stereocenters. The molecule has 2 aromatic carbocycles. The number of aromatic nitrogens is 1. The Bertz CT molecular complexity index is 1090. The summed E-state index contributed by atoms with van der Waals surface area (Å²) in [6.45, 7) is 4.72. The standard InChI is InChI=1S/C25H31N3O6/c1-7-16(2)14-26-25(29)28(33-6)19-10-8-9-17(11-19)20-15-34-27-23(20)18-12-21(30-3)24(32-5)22(13-18)31-4/h8-13,15-16H,7,14H2,1-6H3,(H,26,29). The average Bonchev–Trinajstić information content (AvgIpc) is 3.37. The highest BCUT2D eigenvalue weighted by molar-refractivity contribution is 5.91. The number of carbonyl (C=O) groups is 1. The zero-order valence-electron chi connectivity index (χ0n) is 20.4. The Morgan fingerprint density at radius 3 is 2.35 bits per heavy atom. The minimum Gasteiger partial charge on any atom is -0.493 e. The molecule has 1 atom stereocenters. The second-order valence-corrected chi connectivity index (χ2v) is 7.72. The number of amides is 2. The Kier molecular flexibility index (Phi) is 8.37. The van der Waals surface area contributed by atoms with Crippen LogP contribution in [-0.4, -0.2) is 46.2 Å². The van der Waals surface area contributed by atoms with Gasteiger partial charge in [0, 0.05) is 17.7 Å². The number of hydrogen-bond donors (Lipinski definition) is 1. The van der Waals surface area contributed by atoms with Gasteiger partial charge < -0.3 is 24.1 Å². The fourth-order valence-electron chi connectivity index (χ4n) is 3.45. The molecule has 1 aromatic heterocycles. The third-order valence-corrected chi connectivity index (χ3v) is 5.57. The Hall–Kier alpha value is -3.72. The molecule has 3 aromatic rings. The maximum atomic E-state index is 12.7. The van der Waals surface area contributed by atoms with Crippen LogP contribution < -0.4 is 24.6 Å². The van der Waals surface area contributed by atoms with E-state index in [-0.39, 0.29) is 6.03 Å². The number of nitrogens with one attached hydrogen (secondary N) is 1. The summed E-state index contributed by atoms with van der Waals surface area (Å²) >= 11 is 0. The maximum Gasteiger partial charge on any atom is 0.346 e. The summed E-state index contributed by atoms with van der Waals surface area (Å²) in [5.74, 6) is 1.86. The molecule has 0 aliphatic carbocycles. The summed E-state index contributed by atoms with van der Waals surface area (Å²) in [6, 6.07) is 10.6. The smallest absolute Gasteiger partial charge is 0.346 e. The number of hydroxylamine groups is 1. The molecule has 0 saturated carbocycles. The fourth-order valence-corrected chi connectivity index (χ4v) is 3.45. The van der Waals surface area contributed by atoms with Crippen LogP contribution in [0.2, 0.25) is 0 Å². The minimum atomic E-state index is -0.338. The van der Waals surface area contributed by atoms with Crippen LogP contribution in [0.15, 0.2) is 47.2 Å². The first kappa shape index (κ1) is 24.9. The van der Waals surface area contributed by atoms with Gasteiger partial charge in [-0.05, 0) is 35.7 Å². The highest BCUT2D eigenvalue weighted by Crippen LogP contribution is 2.43. The molecule has 1 N–H and O–H groups in total. The highest BCUT2D eigenvalue weighted by Gasteiger charge is 2.21. The maximum absolute atomic E-state index is 12.7. The van der Waals surface area contributed by atoms with Crippen molar-refractivity contribution < 1.29 is 28.4 Å². The van der Waals surface area contributed by atoms with Gasteiger partial charge in [0.1, 0.15) is 12.0 Å². The lowest BCUT2D eigenvalue weighted by Gasteiger charge is -2.21. The van der Waals surface area contributed by atoms with E-state index in [4.69, 9.17) is 23.6 Å². The van der Waals surface area contributed by atoms with Gasteiger partial charge in [-0.15, -0.1) is 0 Å². The number of anilines is 1. The van der Waals surface area contributed by atoms with Crippen LogP contribution in [-0.2, 0) is 4.84 Å². The summed E-state index contributed by atoms with van der Waals surface area (Å²) in [6.07, 6.45) is 2.53. The number of nitrogens with zero attached hydrogens (tertiary/aromatic N) is 2. The first-order chi connectivity index (χ1) is 16.5. The van der Waals surface area contributed by atoms with Gasteiger partial charge in [0.15, 0.2) is 11.5 Å². The second-order valence-electron chi connectivity index (χ2n) is 7.72. The highest BCUT2D eigenvalue weighted by atomic mass is 16.7. The third-order valence-electron chi connectivity index (χ3n) is 5.57. The zero-order chi connectivity index (χ0) is 24.7. The van der Waals surface area contributed by atoms with E-state index in [0.29, 0.717) is 41.1 Å². The number of benzene rings is 2. The van der Waals surface area contributed by atoms with E-state index in [1.165, 1.54) is 12.2 Å². The molecule has 0 radical (unpaired) electrons. The molecule has 0 bridgehead atoms. The lowest BCUT2D eigenvalue weighted by Crippen LogP contribution is -2.41. The predicted molar refractivity (Wildman–Crippen MR) is 129 cm³/mol. The van der Waals surface area contributed by atoms with Crippen molar-refractivity contribution in [3.8, 4) is 39.6 Å². The summed E-state index contributed by atoms with van der Waals surface area (Å²) in [4.78, 5) is 18.1. The van der Waals surface area contributed by atoms with Crippen LogP contribution in [0.3, 0.4) is 0 Å². The summed E-state index contributed by atoms with van der Waals surface area (Å²) in [5.41, 5.74) is 3.39. The van der Waals surface area contributed by atoms with Crippen molar-refractivity contribution in [1.29, 1.82) is 0 Å². The molecule has 9 nitrogen and oxygen atoms in total. The van der Waals surface area contributed by atoms with Crippen molar-refractivity contribution >= 4 is 11.7 Å². The van der Waals surface area contributed by atoms with Crippen LogP contribution in [0.4, 0.5) is 10.5 Å². The molecule has 34 heavy (non-hydrogen) atoms. The summed E-state index contributed by atoms with van der Waals surface area (Å²) in [5, 5.41) is 8.33. The second kappa shape index (κ2) is 11.4. The number of carbonyl (C=O) groups excluding carboxylic acids is 1. The summed E-state index contributed by atoms with van der Waals surface area (Å²) in [7, 11) is 6.11. The van der Waals surface area contributed by atoms with E-state index < -0.39 is 0 Å². The van der Waals surface area contributed by atoms with Crippen molar-refractivity contribution in [2.45, 2.75) is 20.3 Å². The van der Waals surface area contributed by atoms with Crippen LogP contribution in [0.1, 0.15) is 20.3 Å². The van der Waals surface area contributed by atoms with Crippen molar-refractivity contribution in [2.75, 3.05) is 40.0 Å². The van der Waals surface area contributed by atoms with Crippen molar-refractivity contribution in [1.82, 2.24) is 10.5 Å². The normalized spacial score (nSPS) is 11.6. The molecule has 0 saturated heterocycles. The van der Waals surface area contributed by atoms with Crippen molar-refractivity contribution in [3.63, 3.8) is 0 Å². The van der Waals surface area contributed by atoms with Crippen LogP contribution >= 0.6 is 0 Å². The molecule has 0 spiro atoms. The SMILES string of the molecule is CCC(C)CNC(=O)N(OC)c1cccc(-c2conc2-c2cc(OC)c(OC)c(OC)c2)c1. The van der Waals surface area contributed by atoms with Gasteiger partial charge >= 0.3 is 6.03 Å². The first-order valence-corrected chi connectivity index (χ1v) is 10.9. The Balaban J connectivity index is 1.97. The molecule has 0 aliphatic heterocycles. The van der Waals surface area contributed by atoms with Crippen molar-refractivity contribution in [2.24, 2.45) is 5.92 Å². The summed E-state index contributed by atoms with van der Waals surface area (Å²) < 4.78 is 21.7. The van der Waals surface area contributed by atoms with E-state index >= 15 is 0 Å². The number of hydrogen-bond acceptors (Lipinski definition) is 7. The number of ether oxygens (including phenoxy) is 3. The molecule has 0 fully saturated rings. The van der Waals surface area contributed by atoms with E-state index in [1.807, 2.05) is 18.2 Å². The fraction of sp³-hybridized carbons (Fsp3) is 0.360. The molecule has 3 rings (SSSR count). The minimum absolute atomic E-state index is 0.338. The Morgan fingerprint density at radius 2 is 1.76 bits per heavy atom. The molecule has 182 valence electrons. The monoisotopic (exact) mass is 469 g/mol. The van der Waals surface area contributed by atoms with E-state index in [0.717, 1.165) is 23.1 Å². The van der Waals surface area contributed by atoms with E-state index in [1.54, 1.807) is 45.8 Å². The predicted octanol–water partition coefficient (Wildman–Crippen LogP) is 5.16. The van der Waals surface area contributed by atoms with Gasteiger partial charge in [-0.25, -0.2) is 4.79 Å². The lowest BCUT2D eigenvalue weighted by atomic mass is 10.0. The van der Waals surface area contributed by atoms with Crippen LogP contribution in [0.5, 0.6) is 17.2 Å². The van der Waals surface area contributed by atoms with Gasteiger partial charge in [0.2, 0.25) is 5.75 Å². The molecule has 0 aliphatic rings. The van der Waals surface area contributed by atoms with Crippen LogP contribution in [0.25, 0.3) is 22.4 Å². The molecule has 9 heteroatoms. The van der Waals surface area contributed by atoms with Gasteiger partial charge in [-0.3, -0.25) is 4.84 Å². The first-order valence-electron chi connectivity index (χ1n) is 10.9. The molecular formula is C25H31N3O6. The largest absolute Gasteiger partial charge is 0.493 e.